The SMILES string of the molecule is NCCCC=C(O)CN. The smallest absolute Gasteiger partial charge is 0.102 e. The molecule has 0 unspecified atom stereocenters. The summed E-state index contributed by atoms with van der Waals surface area (Å²) in [4.78, 5) is 0. The van der Waals surface area contributed by atoms with Crippen LogP contribution in [0.1, 0.15) is 12.8 Å². The van der Waals surface area contributed by atoms with Gasteiger partial charge in [0.1, 0.15) is 5.76 Å². The van der Waals surface area contributed by atoms with Crippen LogP contribution in [0, 0.1) is 0 Å². The molecule has 0 aromatic rings. The molecule has 3 nitrogen and oxygen atoms in total. The van der Waals surface area contributed by atoms with Gasteiger partial charge in [0.05, 0.1) is 6.54 Å². The zero-order valence-electron chi connectivity index (χ0n) is 5.51. The second kappa shape index (κ2) is 5.59. The molecule has 0 fully saturated rings. The predicted molar refractivity (Wildman–Crippen MR) is 38.1 cm³/mol. The van der Waals surface area contributed by atoms with Crippen molar-refractivity contribution in [3.05, 3.63) is 11.8 Å². The van der Waals surface area contributed by atoms with Gasteiger partial charge in [-0.05, 0) is 25.5 Å². The lowest BCUT2D eigenvalue weighted by Gasteiger charge is -1.92. The Morgan fingerprint density at radius 3 is 2.56 bits per heavy atom. The molecule has 0 aromatic heterocycles. The highest BCUT2D eigenvalue weighted by Crippen LogP contribution is 1.91. The second-order valence-corrected chi connectivity index (χ2v) is 1.83. The van der Waals surface area contributed by atoms with Crippen molar-refractivity contribution in [2.24, 2.45) is 11.5 Å². The van der Waals surface area contributed by atoms with Gasteiger partial charge >= 0.3 is 0 Å². The van der Waals surface area contributed by atoms with Crippen molar-refractivity contribution in [3.8, 4) is 0 Å². The van der Waals surface area contributed by atoms with Gasteiger partial charge < -0.3 is 16.6 Å². The topological polar surface area (TPSA) is 72.3 Å². The molecule has 0 heterocycles. The predicted octanol–water partition coefficient (Wildman–Crippen LogP) is 0.126. The van der Waals surface area contributed by atoms with E-state index in [0.717, 1.165) is 12.8 Å². The fraction of sp³-hybridized carbons (Fsp3) is 0.667. The fourth-order valence-electron chi connectivity index (χ4n) is 0.470. The number of hydrogen-bond acceptors (Lipinski definition) is 3. The Labute approximate surface area is 55.3 Å². The zero-order valence-corrected chi connectivity index (χ0v) is 5.51. The molecule has 0 rings (SSSR count). The number of allylic oxidation sites excluding steroid dienone is 1. The highest BCUT2D eigenvalue weighted by Gasteiger charge is 1.85. The molecule has 0 amide bonds. The van der Waals surface area contributed by atoms with Gasteiger partial charge in [0.25, 0.3) is 0 Å². The van der Waals surface area contributed by atoms with E-state index in [2.05, 4.69) is 0 Å². The number of aliphatic hydroxyl groups is 1. The Kier molecular flexibility index (Phi) is 5.26. The number of nitrogens with two attached hydrogens (primary N) is 2. The summed E-state index contributed by atoms with van der Waals surface area (Å²) in [5.74, 6) is 0.253. The van der Waals surface area contributed by atoms with E-state index in [1.807, 2.05) is 0 Å². The Hall–Kier alpha value is -0.540. The lowest BCUT2D eigenvalue weighted by molar-refractivity contribution is 0.400. The Balaban J connectivity index is 3.21. The first-order chi connectivity index (χ1) is 4.31. The fourth-order valence-corrected chi connectivity index (χ4v) is 0.470. The van der Waals surface area contributed by atoms with E-state index in [1.54, 1.807) is 6.08 Å². The summed E-state index contributed by atoms with van der Waals surface area (Å²) in [6.07, 6.45) is 3.43. The van der Waals surface area contributed by atoms with Crippen LogP contribution in [0.15, 0.2) is 11.8 Å². The zero-order chi connectivity index (χ0) is 7.11. The van der Waals surface area contributed by atoms with Crippen molar-refractivity contribution in [2.75, 3.05) is 13.1 Å². The van der Waals surface area contributed by atoms with Crippen LogP contribution < -0.4 is 11.5 Å². The van der Waals surface area contributed by atoms with E-state index in [1.165, 1.54) is 0 Å². The van der Waals surface area contributed by atoms with Crippen molar-refractivity contribution >= 4 is 0 Å². The molecule has 0 bridgehead atoms. The summed E-state index contributed by atoms with van der Waals surface area (Å²) in [6.45, 7) is 0.888. The van der Waals surface area contributed by atoms with Crippen LogP contribution in [0.5, 0.6) is 0 Å². The van der Waals surface area contributed by atoms with Gasteiger partial charge in [-0.2, -0.15) is 0 Å². The van der Waals surface area contributed by atoms with E-state index in [0.29, 0.717) is 6.54 Å². The van der Waals surface area contributed by atoms with Crippen molar-refractivity contribution in [2.45, 2.75) is 12.8 Å². The molecule has 5 N–H and O–H groups in total. The Morgan fingerprint density at radius 2 is 2.11 bits per heavy atom. The first kappa shape index (κ1) is 8.46. The van der Waals surface area contributed by atoms with E-state index < -0.39 is 0 Å². The normalized spacial score (nSPS) is 12.0. The van der Waals surface area contributed by atoms with Gasteiger partial charge in [0.15, 0.2) is 0 Å². The van der Waals surface area contributed by atoms with Crippen molar-refractivity contribution in [1.82, 2.24) is 0 Å². The molecule has 0 spiro atoms. The first-order valence-corrected chi connectivity index (χ1v) is 3.09. The van der Waals surface area contributed by atoms with Crippen molar-refractivity contribution in [3.63, 3.8) is 0 Å². The monoisotopic (exact) mass is 130 g/mol. The Morgan fingerprint density at radius 1 is 1.44 bits per heavy atom. The molecule has 3 heteroatoms. The summed E-state index contributed by atoms with van der Waals surface area (Å²) in [5, 5.41) is 8.78. The molecular weight excluding hydrogens is 116 g/mol. The molecule has 0 aliphatic carbocycles. The lowest BCUT2D eigenvalue weighted by Crippen LogP contribution is -2.02. The average Bonchev–Trinajstić information content (AvgIpc) is 1.89. The number of unbranched alkanes of at least 4 members (excludes halogenated alkanes) is 1. The van der Waals surface area contributed by atoms with Crippen LogP contribution in [-0.4, -0.2) is 18.2 Å². The average molecular weight is 130 g/mol. The molecule has 0 saturated heterocycles. The summed E-state index contributed by atoms with van der Waals surface area (Å²) in [7, 11) is 0. The molecule has 0 atom stereocenters. The third-order valence-corrected chi connectivity index (χ3v) is 0.997. The van der Waals surface area contributed by atoms with E-state index in [4.69, 9.17) is 16.6 Å². The van der Waals surface area contributed by atoms with Crippen LogP contribution in [0.4, 0.5) is 0 Å². The maximum absolute atomic E-state index is 8.78. The molecule has 0 saturated carbocycles. The summed E-state index contributed by atoms with van der Waals surface area (Å²) >= 11 is 0. The summed E-state index contributed by atoms with van der Waals surface area (Å²) in [5.41, 5.74) is 10.3. The minimum Gasteiger partial charge on any atom is -0.511 e. The van der Waals surface area contributed by atoms with E-state index >= 15 is 0 Å². The van der Waals surface area contributed by atoms with Gasteiger partial charge in [0, 0.05) is 0 Å². The highest BCUT2D eigenvalue weighted by atomic mass is 16.3. The third kappa shape index (κ3) is 5.33. The minimum absolute atomic E-state index is 0.227. The first-order valence-electron chi connectivity index (χ1n) is 3.09. The van der Waals surface area contributed by atoms with Crippen LogP contribution in [0.25, 0.3) is 0 Å². The molecule has 54 valence electrons. The minimum atomic E-state index is 0.227. The molecule has 0 aromatic carbocycles. The van der Waals surface area contributed by atoms with Gasteiger partial charge in [0.2, 0.25) is 0 Å². The molecule has 0 aliphatic heterocycles. The van der Waals surface area contributed by atoms with Gasteiger partial charge in [-0.25, -0.2) is 0 Å². The lowest BCUT2D eigenvalue weighted by atomic mass is 10.3. The Bertz CT molecular complexity index is 91.1. The third-order valence-electron chi connectivity index (χ3n) is 0.997. The maximum Gasteiger partial charge on any atom is 0.102 e. The second-order valence-electron chi connectivity index (χ2n) is 1.83. The summed E-state index contributed by atoms with van der Waals surface area (Å²) < 4.78 is 0. The number of rotatable bonds is 4. The van der Waals surface area contributed by atoms with Crippen molar-refractivity contribution in [1.29, 1.82) is 0 Å². The van der Waals surface area contributed by atoms with Crippen LogP contribution in [0.2, 0.25) is 0 Å². The molecule has 0 radical (unpaired) electrons. The van der Waals surface area contributed by atoms with E-state index in [9.17, 15) is 0 Å². The maximum atomic E-state index is 8.78. The molecular formula is C6H14N2O. The summed E-state index contributed by atoms with van der Waals surface area (Å²) in [6, 6.07) is 0. The van der Waals surface area contributed by atoms with E-state index in [-0.39, 0.29) is 12.3 Å². The molecule has 9 heavy (non-hydrogen) atoms. The van der Waals surface area contributed by atoms with Crippen LogP contribution in [-0.2, 0) is 0 Å². The van der Waals surface area contributed by atoms with Crippen molar-refractivity contribution < 1.29 is 5.11 Å². The van der Waals surface area contributed by atoms with Gasteiger partial charge in [-0.3, -0.25) is 0 Å². The number of aliphatic hydroxyl groups excluding tert-OH is 1. The largest absolute Gasteiger partial charge is 0.511 e. The number of hydrogen-bond donors (Lipinski definition) is 3. The van der Waals surface area contributed by atoms with Crippen LogP contribution >= 0.6 is 0 Å². The highest BCUT2D eigenvalue weighted by molar-refractivity contribution is 4.91. The molecule has 0 aliphatic rings. The van der Waals surface area contributed by atoms with Gasteiger partial charge in [-0.1, -0.05) is 0 Å². The van der Waals surface area contributed by atoms with Crippen LogP contribution in [0.3, 0.4) is 0 Å². The quantitative estimate of drug-likeness (QED) is 0.374. The van der Waals surface area contributed by atoms with Gasteiger partial charge in [-0.15, -0.1) is 0 Å². The standard InChI is InChI=1S/C6H14N2O/c7-4-2-1-3-6(9)5-8/h3,9H,1-2,4-5,7-8H2.